The van der Waals surface area contributed by atoms with E-state index in [0.29, 0.717) is 0 Å². The highest BCUT2D eigenvalue weighted by Gasteiger charge is 2.33. The molecule has 3 rings (SSSR count). The fourth-order valence-corrected chi connectivity index (χ4v) is 5.63. The molecule has 0 radical (unpaired) electrons. The molecule has 0 aliphatic heterocycles. The maximum absolute atomic E-state index is 14.0. The van der Waals surface area contributed by atoms with E-state index in [1.807, 2.05) is 0 Å². The van der Waals surface area contributed by atoms with Crippen LogP contribution in [0.2, 0.25) is 0 Å². The van der Waals surface area contributed by atoms with Crippen LogP contribution in [0.1, 0.15) is 102 Å². The fraction of sp³-hybridized carbons (Fsp3) is 0.704. The summed E-state index contributed by atoms with van der Waals surface area (Å²) in [6, 6.07) is 3.92. The summed E-state index contributed by atoms with van der Waals surface area (Å²) in [4.78, 5) is 0. The summed E-state index contributed by atoms with van der Waals surface area (Å²) in [5, 5.41) is 0. The van der Waals surface area contributed by atoms with Crippen LogP contribution in [-0.4, -0.2) is 6.36 Å². The SMILES string of the molecule is C=C(CC)CCC1CCC(CCC2CCC(c3ccc(OC(F)(F)F)c(F)c3)CC2)CC1. The van der Waals surface area contributed by atoms with Crippen LogP contribution >= 0.6 is 0 Å². The number of hydrogen-bond donors (Lipinski definition) is 0. The third-order valence-electron chi connectivity index (χ3n) is 7.86. The predicted molar refractivity (Wildman–Crippen MR) is 121 cm³/mol. The molecule has 0 N–H and O–H groups in total. The summed E-state index contributed by atoms with van der Waals surface area (Å²) < 4.78 is 54.8. The van der Waals surface area contributed by atoms with E-state index in [1.54, 1.807) is 6.07 Å². The maximum Gasteiger partial charge on any atom is 0.573 e. The summed E-state index contributed by atoms with van der Waals surface area (Å²) in [5.41, 5.74) is 2.18. The molecular weight excluding hydrogens is 416 g/mol. The zero-order chi connectivity index (χ0) is 23.1. The van der Waals surface area contributed by atoms with Gasteiger partial charge in [-0.3, -0.25) is 0 Å². The van der Waals surface area contributed by atoms with Crippen LogP contribution in [0.4, 0.5) is 17.6 Å². The Hall–Kier alpha value is -1.52. The van der Waals surface area contributed by atoms with Gasteiger partial charge in [0.15, 0.2) is 11.6 Å². The van der Waals surface area contributed by atoms with E-state index in [2.05, 4.69) is 18.2 Å². The number of allylic oxidation sites excluding steroid dienone is 1. The van der Waals surface area contributed by atoms with Gasteiger partial charge >= 0.3 is 6.36 Å². The third-order valence-corrected chi connectivity index (χ3v) is 7.86. The van der Waals surface area contributed by atoms with E-state index in [1.165, 1.54) is 63.0 Å². The summed E-state index contributed by atoms with van der Waals surface area (Å²) in [5.74, 6) is 1.03. The van der Waals surface area contributed by atoms with Crippen LogP contribution in [-0.2, 0) is 0 Å². The topological polar surface area (TPSA) is 9.23 Å². The van der Waals surface area contributed by atoms with Gasteiger partial charge in [0.2, 0.25) is 0 Å². The van der Waals surface area contributed by atoms with Crippen LogP contribution in [0.3, 0.4) is 0 Å². The minimum Gasteiger partial charge on any atom is -0.403 e. The fourth-order valence-electron chi connectivity index (χ4n) is 5.63. The summed E-state index contributed by atoms with van der Waals surface area (Å²) in [6.07, 6.45) is 11.0. The van der Waals surface area contributed by atoms with Crippen LogP contribution in [0.25, 0.3) is 0 Å². The Bertz CT molecular complexity index is 726. The molecule has 0 bridgehead atoms. The van der Waals surface area contributed by atoms with E-state index in [0.717, 1.165) is 61.5 Å². The molecule has 2 aliphatic rings. The number of ether oxygens (including phenoxy) is 1. The lowest BCUT2D eigenvalue weighted by Crippen LogP contribution is -2.19. The van der Waals surface area contributed by atoms with Crippen molar-refractivity contribution in [3.05, 3.63) is 41.7 Å². The zero-order valence-corrected chi connectivity index (χ0v) is 19.4. The smallest absolute Gasteiger partial charge is 0.403 e. The van der Waals surface area contributed by atoms with Crippen LogP contribution in [0.15, 0.2) is 30.4 Å². The highest BCUT2D eigenvalue weighted by atomic mass is 19.4. The first-order valence-corrected chi connectivity index (χ1v) is 12.4. The molecule has 0 amide bonds. The minimum absolute atomic E-state index is 0.231. The van der Waals surface area contributed by atoms with Gasteiger partial charge in [0.25, 0.3) is 0 Å². The summed E-state index contributed by atoms with van der Waals surface area (Å²) in [7, 11) is 0. The highest BCUT2D eigenvalue weighted by molar-refractivity contribution is 5.31. The van der Waals surface area contributed by atoms with Crippen molar-refractivity contribution >= 4 is 0 Å². The minimum atomic E-state index is -4.87. The van der Waals surface area contributed by atoms with E-state index in [9.17, 15) is 17.6 Å². The molecule has 2 saturated carbocycles. The molecule has 1 nitrogen and oxygen atoms in total. The first-order valence-electron chi connectivity index (χ1n) is 12.4. The molecule has 0 heterocycles. The molecule has 0 spiro atoms. The van der Waals surface area contributed by atoms with E-state index < -0.39 is 17.9 Å². The van der Waals surface area contributed by atoms with Crippen molar-refractivity contribution in [3.8, 4) is 5.75 Å². The molecule has 180 valence electrons. The molecule has 0 saturated heterocycles. The van der Waals surface area contributed by atoms with Gasteiger partial charge in [-0.05, 0) is 86.3 Å². The summed E-state index contributed by atoms with van der Waals surface area (Å²) >= 11 is 0. The van der Waals surface area contributed by atoms with Crippen molar-refractivity contribution in [1.29, 1.82) is 0 Å². The molecule has 1 aromatic carbocycles. The van der Waals surface area contributed by atoms with Gasteiger partial charge in [0.1, 0.15) is 0 Å². The van der Waals surface area contributed by atoms with Gasteiger partial charge in [-0.1, -0.05) is 63.7 Å². The molecule has 5 heteroatoms. The number of alkyl halides is 3. The molecular formula is C27H38F4O. The maximum atomic E-state index is 14.0. The van der Waals surface area contributed by atoms with Crippen molar-refractivity contribution in [2.24, 2.45) is 17.8 Å². The molecule has 0 atom stereocenters. The first kappa shape index (κ1) is 25.1. The van der Waals surface area contributed by atoms with Gasteiger partial charge in [-0.25, -0.2) is 4.39 Å². The van der Waals surface area contributed by atoms with Crippen LogP contribution in [0.5, 0.6) is 5.75 Å². The Morgan fingerprint density at radius 2 is 1.44 bits per heavy atom. The van der Waals surface area contributed by atoms with Crippen LogP contribution in [0, 0.1) is 23.6 Å². The number of benzene rings is 1. The molecule has 0 unspecified atom stereocenters. The number of halogens is 4. The second-order valence-corrected chi connectivity index (χ2v) is 10.1. The average molecular weight is 455 g/mol. The van der Waals surface area contributed by atoms with Crippen LogP contribution < -0.4 is 4.74 Å². The predicted octanol–water partition coefficient (Wildman–Crippen LogP) is 9.33. The highest BCUT2D eigenvalue weighted by Crippen LogP contribution is 2.41. The van der Waals surface area contributed by atoms with Gasteiger partial charge in [0, 0.05) is 0 Å². The lowest BCUT2D eigenvalue weighted by molar-refractivity contribution is -0.275. The van der Waals surface area contributed by atoms with E-state index in [4.69, 9.17) is 0 Å². The molecule has 1 aromatic rings. The Balaban J connectivity index is 1.36. The van der Waals surface area contributed by atoms with E-state index in [-0.39, 0.29) is 5.92 Å². The Labute approximate surface area is 190 Å². The standard InChI is InChI=1S/C27H38F4O/c1-3-19(2)4-5-20-6-8-21(9-7-20)10-11-22-12-14-23(15-13-22)24-16-17-26(25(28)18-24)32-27(29,30)31/h16-18,20-23H,2-15H2,1H3. The van der Waals surface area contributed by atoms with Gasteiger partial charge in [0.05, 0.1) is 0 Å². The van der Waals surface area contributed by atoms with Crippen molar-refractivity contribution in [3.63, 3.8) is 0 Å². The summed E-state index contributed by atoms with van der Waals surface area (Å²) in [6.45, 7) is 6.32. The third kappa shape index (κ3) is 7.81. The van der Waals surface area contributed by atoms with Crippen molar-refractivity contribution in [2.45, 2.75) is 103 Å². The van der Waals surface area contributed by atoms with Crippen molar-refractivity contribution in [1.82, 2.24) is 0 Å². The second kappa shape index (κ2) is 11.6. The van der Waals surface area contributed by atoms with Crippen molar-refractivity contribution < 1.29 is 22.3 Å². The Kier molecular flexibility index (Phi) is 9.07. The second-order valence-electron chi connectivity index (χ2n) is 10.1. The quantitative estimate of drug-likeness (QED) is 0.267. The molecule has 32 heavy (non-hydrogen) atoms. The molecule has 2 aliphatic carbocycles. The van der Waals surface area contributed by atoms with Crippen molar-refractivity contribution in [2.75, 3.05) is 0 Å². The molecule has 0 aromatic heterocycles. The average Bonchev–Trinajstić information content (AvgIpc) is 2.77. The van der Waals surface area contributed by atoms with E-state index >= 15 is 0 Å². The number of hydrogen-bond acceptors (Lipinski definition) is 1. The lowest BCUT2D eigenvalue weighted by atomic mass is 9.74. The van der Waals surface area contributed by atoms with Gasteiger partial charge in [-0.2, -0.15) is 0 Å². The monoisotopic (exact) mass is 454 g/mol. The normalized spacial score (nSPS) is 26.7. The largest absolute Gasteiger partial charge is 0.573 e. The first-order chi connectivity index (χ1) is 15.2. The number of rotatable bonds is 9. The van der Waals surface area contributed by atoms with Gasteiger partial charge < -0.3 is 4.74 Å². The lowest BCUT2D eigenvalue weighted by Gasteiger charge is -2.32. The Morgan fingerprint density at radius 1 is 0.906 bits per heavy atom. The Morgan fingerprint density at radius 3 is 1.94 bits per heavy atom. The van der Waals surface area contributed by atoms with Gasteiger partial charge in [-0.15, -0.1) is 13.2 Å². The zero-order valence-electron chi connectivity index (χ0n) is 19.4. The molecule has 2 fully saturated rings.